The normalized spacial score (nSPS) is 12.3. The van der Waals surface area contributed by atoms with E-state index in [-0.39, 0.29) is 22.3 Å². The van der Waals surface area contributed by atoms with Gasteiger partial charge in [-0.25, -0.2) is 13.6 Å². The smallest absolute Gasteiger partial charge is 0.293 e. The zero-order valence-electron chi connectivity index (χ0n) is 17.3. The van der Waals surface area contributed by atoms with E-state index in [2.05, 4.69) is 5.32 Å². The Morgan fingerprint density at radius 2 is 1.70 bits per heavy atom. The van der Waals surface area contributed by atoms with Crippen LogP contribution in [0.3, 0.4) is 0 Å². The maximum Gasteiger partial charge on any atom is 0.293 e. The molecule has 0 spiro atoms. The van der Waals surface area contributed by atoms with Crippen LogP contribution in [0.4, 0.5) is 11.4 Å². The molecule has 30 heavy (non-hydrogen) atoms. The summed E-state index contributed by atoms with van der Waals surface area (Å²) in [6.45, 7) is 6.96. The van der Waals surface area contributed by atoms with E-state index >= 15 is 0 Å². The van der Waals surface area contributed by atoms with E-state index in [1.807, 2.05) is 39.0 Å². The number of rotatable bonds is 11. The number of ether oxygens (including phenoxy) is 2. The van der Waals surface area contributed by atoms with Crippen molar-refractivity contribution in [3.8, 4) is 11.5 Å². The van der Waals surface area contributed by atoms with Crippen molar-refractivity contribution >= 4 is 21.4 Å². The third kappa shape index (κ3) is 6.07. The molecule has 9 nitrogen and oxygen atoms in total. The molecule has 0 fully saturated rings. The minimum absolute atomic E-state index is 0.183. The van der Waals surface area contributed by atoms with Gasteiger partial charge in [-0.05, 0) is 49.6 Å². The van der Waals surface area contributed by atoms with Crippen molar-refractivity contribution in [1.82, 2.24) is 0 Å². The van der Waals surface area contributed by atoms with Gasteiger partial charge < -0.3 is 14.8 Å². The fourth-order valence-corrected chi connectivity index (χ4v) is 3.26. The molecule has 0 radical (unpaired) electrons. The van der Waals surface area contributed by atoms with Gasteiger partial charge in [0.05, 0.1) is 23.0 Å². The van der Waals surface area contributed by atoms with Gasteiger partial charge in [-0.15, -0.1) is 0 Å². The second kappa shape index (κ2) is 10.3. The summed E-state index contributed by atoms with van der Waals surface area (Å²) >= 11 is 0. The van der Waals surface area contributed by atoms with Gasteiger partial charge in [-0.1, -0.05) is 19.9 Å². The summed E-state index contributed by atoms with van der Waals surface area (Å²) < 4.78 is 34.5. The Kier molecular flexibility index (Phi) is 8.01. The molecule has 2 rings (SSSR count). The van der Waals surface area contributed by atoms with E-state index in [9.17, 15) is 18.5 Å². The number of hydrogen-bond donors (Lipinski definition) is 2. The molecule has 3 N–H and O–H groups in total. The summed E-state index contributed by atoms with van der Waals surface area (Å²) in [6, 6.07) is 8.69. The molecule has 0 aliphatic carbocycles. The highest BCUT2D eigenvalue weighted by atomic mass is 32.2. The molecule has 0 aliphatic heterocycles. The van der Waals surface area contributed by atoms with Crippen molar-refractivity contribution in [3.63, 3.8) is 0 Å². The van der Waals surface area contributed by atoms with Gasteiger partial charge in [0.15, 0.2) is 11.5 Å². The average molecular weight is 438 g/mol. The molecular weight excluding hydrogens is 410 g/mol. The van der Waals surface area contributed by atoms with Crippen molar-refractivity contribution in [1.29, 1.82) is 0 Å². The molecule has 1 atom stereocenters. The molecule has 0 saturated heterocycles. The summed E-state index contributed by atoms with van der Waals surface area (Å²) in [7, 11) is -4.05. The minimum atomic E-state index is -4.05. The second-order valence-electron chi connectivity index (χ2n) is 6.75. The first-order valence-electron chi connectivity index (χ1n) is 9.64. The van der Waals surface area contributed by atoms with Crippen LogP contribution in [0.5, 0.6) is 11.5 Å². The summed E-state index contributed by atoms with van der Waals surface area (Å²) in [4.78, 5) is 10.5. The summed E-state index contributed by atoms with van der Waals surface area (Å²) in [5.41, 5.74) is 0.635. The lowest BCUT2D eigenvalue weighted by Crippen LogP contribution is -2.14. The molecule has 0 heterocycles. The van der Waals surface area contributed by atoms with Gasteiger partial charge in [0, 0.05) is 12.1 Å². The number of nitro groups is 1. The first-order chi connectivity index (χ1) is 14.2. The van der Waals surface area contributed by atoms with Gasteiger partial charge in [0.2, 0.25) is 10.0 Å². The van der Waals surface area contributed by atoms with Gasteiger partial charge in [0.1, 0.15) is 5.69 Å². The van der Waals surface area contributed by atoms with Gasteiger partial charge in [-0.2, -0.15) is 0 Å². The highest BCUT2D eigenvalue weighted by Gasteiger charge is 2.21. The second-order valence-corrected chi connectivity index (χ2v) is 8.31. The van der Waals surface area contributed by atoms with Crippen LogP contribution in [-0.2, 0) is 10.0 Å². The summed E-state index contributed by atoms with van der Waals surface area (Å²) in [5, 5.41) is 19.6. The van der Waals surface area contributed by atoms with E-state index in [0.29, 0.717) is 24.7 Å². The number of benzene rings is 2. The molecular formula is C20H27N3O6S. The van der Waals surface area contributed by atoms with Crippen LogP contribution in [-0.4, -0.2) is 26.6 Å². The number of sulfonamides is 1. The molecule has 0 aromatic heterocycles. The molecule has 1 unspecified atom stereocenters. The van der Waals surface area contributed by atoms with Crippen molar-refractivity contribution < 1.29 is 22.8 Å². The Morgan fingerprint density at radius 3 is 2.27 bits per heavy atom. The van der Waals surface area contributed by atoms with Gasteiger partial charge >= 0.3 is 0 Å². The standard InChI is InChI=1S/C20H27N3O6S/c1-4-10-28-19-9-6-15(12-20(19)29-11-5-2)14(3)22-17-8-7-16(30(21,26)27)13-18(17)23(24)25/h6-9,12-14,22H,4-5,10-11H2,1-3H3,(H2,21,26,27). The number of hydrogen-bond acceptors (Lipinski definition) is 7. The summed E-state index contributed by atoms with van der Waals surface area (Å²) in [6.07, 6.45) is 1.71. The lowest BCUT2D eigenvalue weighted by Gasteiger charge is -2.19. The van der Waals surface area contributed by atoms with Crippen molar-refractivity contribution in [2.24, 2.45) is 5.14 Å². The maximum atomic E-state index is 11.5. The van der Waals surface area contributed by atoms with Crippen LogP contribution >= 0.6 is 0 Å². The third-order valence-corrected chi connectivity index (χ3v) is 5.17. The van der Waals surface area contributed by atoms with Crippen LogP contribution in [0, 0.1) is 10.1 Å². The molecule has 2 aromatic rings. The third-order valence-electron chi connectivity index (χ3n) is 4.26. The number of nitrogens with two attached hydrogens (primary N) is 1. The number of nitrogens with zero attached hydrogens (tertiary/aromatic N) is 1. The van der Waals surface area contributed by atoms with Crippen molar-refractivity contribution in [3.05, 3.63) is 52.1 Å². The highest BCUT2D eigenvalue weighted by molar-refractivity contribution is 7.89. The molecule has 0 saturated carbocycles. The SMILES string of the molecule is CCCOc1ccc(C(C)Nc2ccc(S(N)(=O)=O)cc2[N+](=O)[O-])cc1OCCC. The van der Waals surface area contributed by atoms with Crippen LogP contribution in [0.2, 0.25) is 0 Å². The Bertz CT molecular complexity index is 994. The van der Waals surface area contributed by atoms with E-state index in [1.165, 1.54) is 12.1 Å². The lowest BCUT2D eigenvalue weighted by molar-refractivity contribution is -0.384. The minimum Gasteiger partial charge on any atom is -0.490 e. The highest BCUT2D eigenvalue weighted by Crippen LogP contribution is 2.34. The zero-order chi connectivity index (χ0) is 22.3. The quantitative estimate of drug-likeness (QED) is 0.401. The van der Waals surface area contributed by atoms with E-state index in [0.717, 1.165) is 24.5 Å². The monoisotopic (exact) mass is 437 g/mol. The fraction of sp³-hybridized carbons (Fsp3) is 0.400. The van der Waals surface area contributed by atoms with E-state index in [4.69, 9.17) is 14.6 Å². The fourth-order valence-electron chi connectivity index (χ4n) is 2.73. The summed E-state index contributed by atoms with van der Waals surface area (Å²) in [5.74, 6) is 1.25. The van der Waals surface area contributed by atoms with Crippen LogP contribution in [0.1, 0.15) is 45.2 Å². The number of nitro benzene ring substituents is 1. The van der Waals surface area contributed by atoms with Crippen molar-refractivity contribution in [2.45, 2.75) is 44.6 Å². The van der Waals surface area contributed by atoms with E-state index < -0.39 is 14.9 Å². The molecule has 0 aliphatic rings. The first-order valence-corrected chi connectivity index (χ1v) is 11.2. The zero-order valence-corrected chi connectivity index (χ0v) is 18.1. The average Bonchev–Trinajstić information content (AvgIpc) is 2.70. The Balaban J connectivity index is 2.32. The Labute approximate surface area is 176 Å². The lowest BCUT2D eigenvalue weighted by atomic mass is 10.1. The maximum absolute atomic E-state index is 11.5. The Morgan fingerprint density at radius 1 is 1.07 bits per heavy atom. The largest absolute Gasteiger partial charge is 0.490 e. The molecule has 10 heteroatoms. The number of nitrogens with one attached hydrogen (secondary N) is 1. The number of anilines is 1. The predicted octanol–water partition coefficient (Wildman–Crippen LogP) is 3.99. The van der Waals surface area contributed by atoms with Gasteiger partial charge in [-0.3, -0.25) is 10.1 Å². The van der Waals surface area contributed by atoms with Crippen LogP contribution < -0.4 is 19.9 Å². The van der Waals surface area contributed by atoms with Crippen molar-refractivity contribution in [2.75, 3.05) is 18.5 Å². The van der Waals surface area contributed by atoms with Crippen LogP contribution in [0.15, 0.2) is 41.3 Å². The topological polar surface area (TPSA) is 134 Å². The molecule has 164 valence electrons. The molecule has 0 bridgehead atoms. The van der Waals surface area contributed by atoms with Gasteiger partial charge in [0.25, 0.3) is 5.69 Å². The predicted molar refractivity (Wildman–Crippen MR) is 115 cm³/mol. The molecule has 0 amide bonds. The van der Waals surface area contributed by atoms with Crippen LogP contribution in [0.25, 0.3) is 0 Å². The Hall–Kier alpha value is -2.85. The molecule has 2 aromatic carbocycles. The first kappa shape index (κ1) is 23.4. The number of primary sulfonamides is 1. The van der Waals surface area contributed by atoms with E-state index in [1.54, 1.807) is 0 Å².